The Labute approximate surface area is 179 Å². The van der Waals surface area contributed by atoms with Crippen LogP contribution in [-0.2, 0) is 20.9 Å². The van der Waals surface area contributed by atoms with Crippen LogP contribution in [0.2, 0.25) is 10.0 Å². The highest BCUT2D eigenvalue weighted by Crippen LogP contribution is 2.26. The zero-order valence-corrected chi connectivity index (χ0v) is 17.8. The lowest BCUT2D eigenvalue weighted by Crippen LogP contribution is -2.37. The van der Waals surface area contributed by atoms with Gasteiger partial charge in [0.25, 0.3) is 5.91 Å². The molecule has 0 saturated carbocycles. The molecule has 6 nitrogen and oxygen atoms in total. The fourth-order valence-electron chi connectivity index (χ4n) is 2.53. The molecule has 2 N–H and O–H groups in total. The largest absolute Gasteiger partial charge is 0.449 e. The Bertz CT molecular complexity index is 900. The molecule has 0 saturated heterocycles. The van der Waals surface area contributed by atoms with Crippen molar-refractivity contribution in [1.29, 1.82) is 0 Å². The van der Waals surface area contributed by atoms with Crippen LogP contribution in [-0.4, -0.2) is 23.9 Å². The van der Waals surface area contributed by atoms with Gasteiger partial charge in [-0.3, -0.25) is 9.59 Å². The summed E-state index contributed by atoms with van der Waals surface area (Å²) in [5.74, 6) is -1.20. The molecule has 0 radical (unpaired) electrons. The van der Waals surface area contributed by atoms with Crippen LogP contribution in [0.25, 0.3) is 0 Å². The molecule has 0 aliphatic heterocycles. The van der Waals surface area contributed by atoms with E-state index in [-0.39, 0.29) is 11.9 Å². The van der Waals surface area contributed by atoms with Crippen LogP contribution in [0.5, 0.6) is 0 Å². The molecule has 0 aliphatic carbocycles. The fourth-order valence-corrected chi connectivity index (χ4v) is 3.10. The van der Waals surface area contributed by atoms with Crippen LogP contribution in [0.4, 0.5) is 0 Å². The summed E-state index contributed by atoms with van der Waals surface area (Å²) in [6, 6.07) is 11.2. The number of nitrogens with one attached hydrogen (secondary N) is 2. The second-order valence-electron chi connectivity index (χ2n) is 6.55. The van der Waals surface area contributed by atoms with Crippen molar-refractivity contribution in [2.45, 2.75) is 39.5 Å². The lowest BCUT2D eigenvalue weighted by molar-refractivity contribution is -0.129. The molecule has 0 heterocycles. The molecular weight excluding hydrogens is 415 g/mol. The van der Waals surface area contributed by atoms with Crippen molar-refractivity contribution in [2.24, 2.45) is 0 Å². The third-order valence-corrected chi connectivity index (χ3v) is 4.73. The topological polar surface area (TPSA) is 84.5 Å². The van der Waals surface area contributed by atoms with Gasteiger partial charge in [0.05, 0.1) is 11.6 Å². The molecule has 0 spiro atoms. The second-order valence-corrected chi connectivity index (χ2v) is 7.39. The van der Waals surface area contributed by atoms with E-state index in [9.17, 15) is 14.4 Å². The third-order valence-electron chi connectivity index (χ3n) is 4.17. The predicted molar refractivity (Wildman–Crippen MR) is 112 cm³/mol. The zero-order valence-electron chi connectivity index (χ0n) is 16.3. The quantitative estimate of drug-likeness (QED) is 0.641. The van der Waals surface area contributed by atoms with Crippen LogP contribution in [0.15, 0.2) is 42.5 Å². The van der Waals surface area contributed by atoms with Crippen molar-refractivity contribution in [1.82, 2.24) is 10.6 Å². The van der Waals surface area contributed by atoms with Gasteiger partial charge in [-0.25, -0.2) is 4.79 Å². The summed E-state index contributed by atoms with van der Waals surface area (Å²) in [6.45, 7) is 5.07. The Balaban J connectivity index is 1.92. The average Bonchev–Trinajstić information content (AvgIpc) is 2.66. The van der Waals surface area contributed by atoms with E-state index in [1.165, 1.54) is 13.8 Å². The maximum Gasteiger partial charge on any atom is 0.338 e. The Hall–Kier alpha value is -2.57. The SMILES string of the molecule is CC(=O)NCc1ccc(C(=O)OC(C)C(=O)NC(C)c2ccc(Cl)cc2Cl)cc1. The lowest BCUT2D eigenvalue weighted by Gasteiger charge is -2.19. The molecule has 2 aromatic carbocycles. The number of carbonyl (C=O) groups excluding carboxylic acids is 3. The number of ether oxygens (including phenoxy) is 1. The molecule has 2 amide bonds. The maximum absolute atomic E-state index is 12.4. The summed E-state index contributed by atoms with van der Waals surface area (Å²) in [6.07, 6.45) is -0.991. The molecule has 2 aromatic rings. The van der Waals surface area contributed by atoms with E-state index in [2.05, 4.69) is 10.6 Å². The number of esters is 1. The van der Waals surface area contributed by atoms with Gasteiger partial charge in [-0.2, -0.15) is 0 Å². The van der Waals surface area contributed by atoms with Gasteiger partial charge in [0.15, 0.2) is 6.10 Å². The van der Waals surface area contributed by atoms with Crippen LogP contribution >= 0.6 is 23.2 Å². The first-order valence-electron chi connectivity index (χ1n) is 8.97. The van der Waals surface area contributed by atoms with Gasteiger partial charge in [-0.1, -0.05) is 41.4 Å². The van der Waals surface area contributed by atoms with Crippen LogP contribution < -0.4 is 10.6 Å². The highest BCUT2D eigenvalue weighted by Gasteiger charge is 2.21. The van der Waals surface area contributed by atoms with Crippen molar-refractivity contribution in [3.8, 4) is 0 Å². The van der Waals surface area contributed by atoms with Gasteiger partial charge in [0.2, 0.25) is 5.91 Å². The van der Waals surface area contributed by atoms with Crippen LogP contribution in [0.3, 0.4) is 0 Å². The summed E-state index contributed by atoms with van der Waals surface area (Å²) in [5.41, 5.74) is 1.86. The standard InChI is InChI=1S/C21H22Cl2N2O4/c1-12(18-9-8-17(22)10-19(18)23)25-20(27)13(2)29-21(28)16-6-4-15(5-7-16)11-24-14(3)26/h4-10,12-13H,11H2,1-3H3,(H,24,26)(H,25,27). The number of carbonyl (C=O) groups is 3. The summed E-state index contributed by atoms with van der Waals surface area (Å²) in [4.78, 5) is 35.6. The summed E-state index contributed by atoms with van der Waals surface area (Å²) >= 11 is 12.0. The average molecular weight is 437 g/mol. The van der Waals surface area contributed by atoms with E-state index < -0.39 is 18.0 Å². The van der Waals surface area contributed by atoms with E-state index in [0.29, 0.717) is 27.7 Å². The summed E-state index contributed by atoms with van der Waals surface area (Å²) in [7, 11) is 0. The van der Waals surface area contributed by atoms with Crippen LogP contribution in [0, 0.1) is 0 Å². The molecule has 2 unspecified atom stereocenters. The summed E-state index contributed by atoms with van der Waals surface area (Å²) < 4.78 is 5.25. The minimum atomic E-state index is -0.991. The molecule has 0 aromatic heterocycles. The molecule has 2 rings (SSSR count). The van der Waals surface area contributed by atoms with E-state index in [1.54, 1.807) is 49.4 Å². The smallest absolute Gasteiger partial charge is 0.338 e. The van der Waals surface area contributed by atoms with Gasteiger partial charge in [-0.15, -0.1) is 0 Å². The van der Waals surface area contributed by atoms with E-state index >= 15 is 0 Å². The minimum Gasteiger partial charge on any atom is -0.449 e. The highest BCUT2D eigenvalue weighted by molar-refractivity contribution is 6.35. The van der Waals surface area contributed by atoms with Crippen molar-refractivity contribution in [2.75, 3.05) is 0 Å². The molecular formula is C21H22Cl2N2O4. The Morgan fingerprint density at radius 2 is 1.69 bits per heavy atom. The number of amides is 2. The molecule has 0 aliphatic rings. The second kappa shape index (κ2) is 10.3. The van der Waals surface area contributed by atoms with E-state index in [4.69, 9.17) is 27.9 Å². The minimum absolute atomic E-state index is 0.137. The molecule has 29 heavy (non-hydrogen) atoms. The fraction of sp³-hybridized carbons (Fsp3) is 0.286. The Morgan fingerprint density at radius 1 is 1.03 bits per heavy atom. The summed E-state index contributed by atoms with van der Waals surface area (Å²) in [5, 5.41) is 6.38. The van der Waals surface area contributed by atoms with Gasteiger partial charge in [0, 0.05) is 23.5 Å². The van der Waals surface area contributed by atoms with Gasteiger partial charge < -0.3 is 15.4 Å². The Morgan fingerprint density at radius 3 is 2.28 bits per heavy atom. The number of halogens is 2. The van der Waals surface area contributed by atoms with E-state index in [0.717, 1.165) is 5.56 Å². The molecule has 2 atom stereocenters. The van der Waals surface area contributed by atoms with E-state index in [1.807, 2.05) is 0 Å². The van der Waals surface area contributed by atoms with Gasteiger partial charge in [-0.05, 0) is 49.2 Å². The van der Waals surface area contributed by atoms with Crippen molar-refractivity contribution < 1.29 is 19.1 Å². The zero-order chi connectivity index (χ0) is 21.6. The first kappa shape index (κ1) is 22.7. The lowest BCUT2D eigenvalue weighted by atomic mass is 10.1. The van der Waals surface area contributed by atoms with Crippen molar-refractivity contribution >= 4 is 41.0 Å². The maximum atomic E-state index is 12.4. The Kier molecular flexibility index (Phi) is 8.05. The normalized spacial score (nSPS) is 12.6. The van der Waals surface area contributed by atoms with Crippen LogP contribution in [0.1, 0.15) is 48.3 Å². The molecule has 0 bridgehead atoms. The monoisotopic (exact) mass is 436 g/mol. The predicted octanol–water partition coefficient (Wildman–Crippen LogP) is 4.05. The number of hydrogen-bond donors (Lipinski definition) is 2. The molecule has 0 fully saturated rings. The first-order chi connectivity index (χ1) is 13.7. The number of benzene rings is 2. The van der Waals surface area contributed by atoms with Gasteiger partial charge in [0.1, 0.15) is 0 Å². The van der Waals surface area contributed by atoms with Crippen molar-refractivity contribution in [3.05, 3.63) is 69.2 Å². The highest BCUT2D eigenvalue weighted by atomic mass is 35.5. The number of rotatable bonds is 7. The number of hydrogen-bond acceptors (Lipinski definition) is 4. The molecule has 8 heteroatoms. The van der Waals surface area contributed by atoms with Crippen molar-refractivity contribution in [3.63, 3.8) is 0 Å². The first-order valence-corrected chi connectivity index (χ1v) is 9.72. The third kappa shape index (κ3) is 6.76. The van der Waals surface area contributed by atoms with Gasteiger partial charge >= 0.3 is 5.97 Å². The molecule has 154 valence electrons.